The Hall–Kier alpha value is -2.43. The Labute approximate surface area is 160 Å². The molecule has 0 spiro atoms. The molecule has 0 aromatic heterocycles. The van der Waals surface area contributed by atoms with Crippen molar-refractivity contribution in [3.63, 3.8) is 0 Å². The number of nitrogens with zero attached hydrogens (tertiary/aromatic N) is 2. The second-order valence-electron chi connectivity index (χ2n) is 7.46. The standard InChI is InChI=1S/C23H26N2O2/c26-17-20-12-7-13-25-21(20)14-22(23(25)27)24(15-18-8-3-1-4-9-18)16-19-10-5-2-6-11-19/h1-12,20-22,26H,13-17H2/t20-,21+,22-/m0/s1. The minimum atomic E-state index is -0.149. The summed E-state index contributed by atoms with van der Waals surface area (Å²) < 4.78 is 0. The lowest BCUT2D eigenvalue weighted by Crippen LogP contribution is -2.44. The van der Waals surface area contributed by atoms with Crippen LogP contribution in [0.1, 0.15) is 17.5 Å². The van der Waals surface area contributed by atoms with Crippen molar-refractivity contribution in [2.24, 2.45) is 5.92 Å². The summed E-state index contributed by atoms with van der Waals surface area (Å²) in [7, 11) is 0. The molecule has 0 aliphatic carbocycles. The van der Waals surface area contributed by atoms with Crippen LogP contribution in [0.3, 0.4) is 0 Å². The van der Waals surface area contributed by atoms with Gasteiger partial charge in [-0.05, 0) is 17.5 Å². The van der Waals surface area contributed by atoms with Crippen molar-refractivity contribution in [2.75, 3.05) is 13.2 Å². The van der Waals surface area contributed by atoms with Crippen LogP contribution in [-0.4, -0.2) is 46.0 Å². The highest BCUT2D eigenvalue weighted by Crippen LogP contribution is 2.33. The van der Waals surface area contributed by atoms with E-state index in [0.717, 1.165) is 19.5 Å². The van der Waals surface area contributed by atoms with Gasteiger partial charge in [0.2, 0.25) is 5.91 Å². The van der Waals surface area contributed by atoms with Gasteiger partial charge in [-0.1, -0.05) is 72.8 Å². The van der Waals surface area contributed by atoms with Gasteiger partial charge in [0, 0.05) is 31.6 Å². The third-order valence-corrected chi connectivity index (χ3v) is 5.72. The molecule has 0 unspecified atom stereocenters. The van der Waals surface area contributed by atoms with Crippen molar-refractivity contribution in [3.05, 3.63) is 83.9 Å². The summed E-state index contributed by atoms with van der Waals surface area (Å²) in [6.45, 7) is 2.23. The molecule has 1 N–H and O–H groups in total. The van der Waals surface area contributed by atoms with Crippen LogP contribution in [0.25, 0.3) is 0 Å². The summed E-state index contributed by atoms with van der Waals surface area (Å²) in [5.41, 5.74) is 2.42. The van der Waals surface area contributed by atoms with Gasteiger partial charge in [0.1, 0.15) is 0 Å². The van der Waals surface area contributed by atoms with Crippen LogP contribution in [0.15, 0.2) is 72.8 Å². The van der Waals surface area contributed by atoms with E-state index < -0.39 is 0 Å². The summed E-state index contributed by atoms with van der Waals surface area (Å²) in [6.07, 6.45) is 4.85. The van der Waals surface area contributed by atoms with E-state index in [1.54, 1.807) is 0 Å². The van der Waals surface area contributed by atoms with Crippen molar-refractivity contribution in [1.82, 2.24) is 9.80 Å². The molecule has 3 atom stereocenters. The molecule has 140 valence electrons. The van der Waals surface area contributed by atoms with Gasteiger partial charge in [-0.15, -0.1) is 0 Å². The first kappa shape index (κ1) is 18.0. The van der Waals surface area contributed by atoms with Crippen LogP contribution >= 0.6 is 0 Å². The fourth-order valence-corrected chi connectivity index (χ4v) is 4.32. The lowest BCUT2D eigenvalue weighted by atomic mass is 9.94. The van der Waals surface area contributed by atoms with E-state index in [2.05, 4.69) is 35.2 Å². The molecule has 2 aromatic rings. The first-order chi connectivity index (χ1) is 13.3. The number of carbonyl (C=O) groups is 1. The molecule has 2 heterocycles. The quantitative estimate of drug-likeness (QED) is 0.804. The zero-order valence-corrected chi connectivity index (χ0v) is 15.4. The fourth-order valence-electron chi connectivity index (χ4n) is 4.32. The number of aliphatic hydroxyl groups is 1. The number of hydrogen-bond acceptors (Lipinski definition) is 3. The minimum absolute atomic E-state index is 0.0444. The molecule has 4 nitrogen and oxygen atoms in total. The van der Waals surface area contributed by atoms with Crippen molar-refractivity contribution < 1.29 is 9.90 Å². The van der Waals surface area contributed by atoms with Gasteiger partial charge >= 0.3 is 0 Å². The number of rotatable bonds is 6. The summed E-state index contributed by atoms with van der Waals surface area (Å²) in [5.74, 6) is 0.234. The molecule has 1 fully saturated rings. The molecule has 0 saturated carbocycles. The number of carbonyl (C=O) groups excluding carboxylic acids is 1. The van der Waals surface area contributed by atoms with Crippen LogP contribution in [0.4, 0.5) is 0 Å². The Balaban J connectivity index is 1.59. The Kier molecular flexibility index (Phi) is 5.37. The smallest absolute Gasteiger partial charge is 0.240 e. The van der Waals surface area contributed by atoms with Crippen molar-refractivity contribution in [2.45, 2.75) is 31.6 Å². The zero-order valence-electron chi connectivity index (χ0n) is 15.4. The lowest BCUT2D eigenvalue weighted by molar-refractivity contribution is -0.133. The number of amides is 1. The molecule has 27 heavy (non-hydrogen) atoms. The Morgan fingerprint density at radius 3 is 2.11 bits per heavy atom. The maximum Gasteiger partial charge on any atom is 0.240 e. The number of fused-ring (bicyclic) bond motifs is 1. The second-order valence-corrected chi connectivity index (χ2v) is 7.46. The van der Waals surface area contributed by atoms with E-state index in [9.17, 15) is 9.90 Å². The SMILES string of the molecule is O=C1[C@@H](N(Cc2ccccc2)Cc2ccccc2)C[C@@H]2[C@H](CO)C=CCN12. The predicted molar refractivity (Wildman–Crippen MR) is 106 cm³/mol. The third-order valence-electron chi connectivity index (χ3n) is 5.72. The van der Waals surface area contributed by atoms with Gasteiger partial charge in [0.15, 0.2) is 0 Å². The van der Waals surface area contributed by atoms with Crippen molar-refractivity contribution >= 4 is 5.91 Å². The fraction of sp³-hybridized carbons (Fsp3) is 0.348. The minimum Gasteiger partial charge on any atom is -0.396 e. The molecule has 2 aliphatic rings. The number of hydrogen-bond donors (Lipinski definition) is 1. The van der Waals surface area contributed by atoms with E-state index in [4.69, 9.17) is 0 Å². The van der Waals surface area contributed by atoms with Gasteiger partial charge in [0.05, 0.1) is 12.6 Å². The van der Waals surface area contributed by atoms with Crippen LogP contribution < -0.4 is 0 Å². The topological polar surface area (TPSA) is 43.8 Å². The Morgan fingerprint density at radius 2 is 1.56 bits per heavy atom. The van der Waals surface area contributed by atoms with E-state index in [1.807, 2.05) is 47.4 Å². The molecule has 2 aromatic carbocycles. The van der Waals surface area contributed by atoms with Gasteiger partial charge in [0.25, 0.3) is 0 Å². The largest absolute Gasteiger partial charge is 0.396 e. The highest BCUT2D eigenvalue weighted by Gasteiger charge is 2.45. The average molecular weight is 362 g/mol. The molecule has 0 bridgehead atoms. The van der Waals surface area contributed by atoms with E-state index in [0.29, 0.717) is 6.54 Å². The van der Waals surface area contributed by atoms with Gasteiger partial charge in [-0.3, -0.25) is 9.69 Å². The summed E-state index contributed by atoms with van der Waals surface area (Å²) in [6, 6.07) is 20.6. The number of aliphatic hydroxyl groups excluding tert-OH is 1. The first-order valence-corrected chi connectivity index (χ1v) is 9.66. The van der Waals surface area contributed by atoms with Crippen molar-refractivity contribution in [3.8, 4) is 0 Å². The second kappa shape index (κ2) is 8.07. The predicted octanol–water partition coefficient (Wildman–Crippen LogP) is 2.84. The van der Waals surface area contributed by atoms with Crippen LogP contribution in [0.2, 0.25) is 0 Å². The normalized spacial score (nSPS) is 24.4. The maximum absolute atomic E-state index is 13.2. The average Bonchev–Trinajstić information content (AvgIpc) is 3.06. The summed E-state index contributed by atoms with van der Waals surface area (Å²) in [4.78, 5) is 17.4. The molecule has 1 amide bonds. The van der Waals surface area contributed by atoms with Gasteiger partial charge < -0.3 is 10.0 Å². The molecular formula is C23H26N2O2. The maximum atomic E-state index is 13.2. The highest BCUT2D eigenvalue weighted by atomic mass is 16.3. The highest BCUT2D eigenvalue weighted by molar-refractivity contribution is 5.85. The van der Waals surface area contributed by atoms with E-state index >= 15 is 0 Å². The molecule has 4 heteroatoms. The Bertz CT molecular complexity index is 749. The monoisotopic (exact) mass is 362 g/mol. The van der Waals surface area contributed by atoms with Crippen molar-refractivity contribution in [1.29, 1.82) is 0 Å². The molecule has 0 radical (unpaired) electrons. The number of benzene rings is 2. The molecule has 1 saturated heterocycles. The first-order valence-electron chi connectivity index (χ1n) is 9.66. The van der Waals surface area contributed by atoms with E-state index in [-0.39, 0.29) is 30.5 Å². The van der Waals surface area contributed by atoms with Crippen LogP contribution in [-0.2, 0) is 17.9 Å². The molecule has 4 rings (SSSR count). The Morgan fingerprint density at radius 1 is 0.963 bits per heavy atom. The van der Waals surface area contributed by atoms with Gasteiger partial charge in [-0.25, -0.2) is 0 Å². The van der Waals surface area contributed by atoms with Gasteiger partial charge in [-0.2, -0.15) is 0 Å². The van der Waals surface area contributed by atoms with E-state index in [1.165, 1.54) is 11.1 Å². The zero-order chi connectivity index (χ0) is 18.6. The molecular weight excluding hydrogens is 336 g/mol. The summed E-state index contributed by atoms with van der Waals surface area (Å²) >= 11 is 0. The lowest BCUT2D eigenvalue weighted by Gasteiger charge is -2.31. The van der Waals surface area contributed by atoms with Crippen LogP contribution in [0.5, 0.6) is 0 Å². The summed E-state index contributed by atoms with van der Waals surface area (Å²) in [5, 5.41) is 9.72. The molecule has 2 aliphatic heterocycles. The third kappa shape index (κ3) is 3.82. The van der Waals surface area contributed by atoms with Crippen LogP contribution in [0, 0.1) is 5.92 Å².